The number of rotatable bonds is 7. The summed E-state index contributed by atoms with van der Waals surface area (Å²) in [5.41, 5.74) is 0.904. The molecular weight excluding hydrogens is 594 g/mol. The SMILES string of the molecule is CC(=O)OC[C@H]1O[C@@H](SC2C=CC3C4Cc5ccc(O)c6c5C3(CCN4C)C2O6)[C@H](OC(C)=O)[C@@H](OC(C)=O)[C@@H]1OC(C)=O. The van der Waals surface area contributed by atoms with Gasteiger partial charge in [0.2, 0.25) is 0 Å². The zero-order valence-electron chi connectivity index (χ0n) is 25.2. The zero-order chi connectivity index (χ0) is 31.5. The first-order chi connectivity index (χ1) is 20.9. The normalized spacial score (nSPS) is 36.4. The van der Waals surface area contributed by atoms with Crippen LogP contribution < -0.4 is 4.74 Å². The van der Waals surface area contributed by atoms with Crippen molar-refractivity contribution < 1.29 is 52.7 Å². The topological polar surface area (TPSA) is 147 Å². The molecule has 6 rings (SSSR count). The van der Waals surface area contributed by atoms with Gasteiger partial charge >= 0.3 is 23.9 Å². The first-order valence-corrected chi connectivity index (χ1v) is 15.7. The third-order valence-electron chi connectivity index (χ3n) is 9.37. The molecule has 1 aromatic rings. The Morgan fingerprint density at radius 1 is 0.977 bits per heavy atom. The molecule has 10 atom stereocenters. The molecule has 0 radical (unpaired) electrons. The lowest BCUT2D eigenvalue weighted by Crippen LogP contribution is -2.65. The summed E-state index contributed by atoms with van der Waals surface area (Å²) in [6.45, 7) is 5.42. The highest BCUT2D eigenvalue weighted by Gasteiger charge is 2.65. The van der Waals surface area contributed by atoms with Crippen LogP contribution in [0.4, 0.5) is 0 Å². The van der Waals surface area contributed by atoms with Crippen molar-refractivity contribution in [3.8, 4) is 11.5 Å². The van der Waals surface area contributed by atoms with Crippen LogP contribution in [-0.2, 0) is 54.7 Å². The number of ether oxygens (including phenoxy) is 6. The van der Waals surface area contributed by atoms with E-state index in [2.05, 4.69) is 24.1 Å². The Hall–Kier alpha value is -3.29. The van der Waals surface area contributed by atoms with Gasteiger partial charge in [-0.05, 0) is 38.1 Å². The number of thioether (sulfide) groups is 1. The van der Waals surface area contributed by atoms with Crippen molar-refractivity contribution in [3.05, 3.63) is 35.4 Å². The second-order valence-corrected chi connectivity index (χ2v) is 13.4. The second kappa shape index (κ2) is 11.6. The molecule has 0 aromatic heterocycles. The molecule has 0 amide bonds. The Morgan fingerprint density at radius 2 is 1.66 bits per heavy atom. The second-order valence-electron chi connectivity index (χ2n) is 12.1. The van der Waals surface area contributed by atoms with E-state index < -0.39 is 53.7 Å². The van der Waals surface area contributed by atoms with Crippen LogP contribution in [0.15, 0.2) is 24.3 Å². The van der Waals surface area contributed by atoms with Gasteiger partial charge in [-0.3, -0.25) is 19.2 Å². The molecule has 238 valence electrons. The number of carbonyl (C=O) groups is 4. The lowest BCUT2D eigenvalue weighted by molar-refractivity contribution is -0.237. The minimum atomic E-state index is -1.25. The molecule has 1 spiro atoms. The highest BCUT2D eigenvalue weighted by molar-refractivity contribution is 8.00. The fourth-order valence-corrected chi connectivity index (χ4v) is 9.29. The van der Waals surface area contributed by atoms with Crippen molar-refractivity contribution in [2.24, 2.45) is 5.92 Å². The summed E-state index contributed by atoms with van der Waals surface area (Å²) in [5.74, 6) is -1.82. The number of hydrogen-bond donors (Lipinski definition) is 1. The molecular formula is C31H37NO11S. The predicted octanol–water partition coefficient (Wildman–Crippen LogP) is 2.02. The number of likely N-dealkylation sites (N-methyl/N-ethyl adjacent to an activating group) is 1. The fourth-order valence-electron chi connectivity index (χ4n) is 7.79. The average Bonchev–Trinajstić information content (AvgIpc) is 3.30. The minimum Gasteiger partial charge on any atom is -0.504 e. The summed E-state index contributed by atoms with van der Waals surface area (Å²) >= 11 is 1.33. The van der Waals surface area contributed by atoms with Crippen LogP contribution in [0.1, 0.15) is 45.2 Å². The number of phenols is 1. The van der Waals surface area contributed by atoms with Gasteiger partial charge in [0.15, 0.2) is 29.8 Å². The third kappa shape index (κ3) is 5.12. The standard InChI is InChI=1S/C31H37NO11S/c1-14(33)38-13-22-26(39-15(2)34)27(40-16(3)35)28(41-17(4)36)30(42-22)44-23-9-7-19-20-12-18-6-8-21(37)25-24(18)31(19,29(23)43-25)10-11-32(20)5/h6-9,19-20,22-23,26-30,37H,10-13H2,1-5H3/t19?,20?,22-,23?,26-,27+,28-,29?,30+,31?/m1/s1. The molecule has 3 aliphatic heterocycles. The maximum Gasteiger partial charge on any atom is 0.303 e. The summed E-state index contributed by atoms with van der Waals surface area (Å²) in [6, 6.07) is 3.95. The molecule has 2 fully saturated rings. The number of carbonyl (C=O) groups excluding carboxylic acids is 4. The van der Waals surface area contributed by atoms with Gasteiger partial charge in [0.05, 0.1) is 5.25 Å². The summed E-state index contributed by atoms with van der Waals surface area (Å²) in [6.07, 6.45) is 0.918. The van der Waals surface area contributed by atoms with E-state index in [1.807, 2.05) is 6.07 Å². The van der Waals surface area contributed by atoms with E-state index in [1.165, 1.54) is 45.0 Å². The Balaban J connectivity index is 1.38. The monoisotopic (exact) mass is 631 g/mol. The van der Waals surface area contributed by atoms with Gasteiger partial charge in [0, 0.05) is 50.6 Å². The van der Waals surface area contributed by atoms with Crippen molar-refractivity contribution in [2.45, 2.75) is 93.2 Å². The number of aromatic hydroxyl groups is 1. The van der Waals surface area contributed by atoms with Crippen molar-refractivity contribution in [2.75, 3.05) is 20.2 Å². The minimum absolute atomic E-state index is 0.0969. The Bertz CT molecular complexity index is 1400. The molecule has 13 heteroatoms. The van der Waals surface area contributed by atoms with Gasteiger partial charge in [-0.1, -0.05) is 18.2 Å². The molecule has 12 nitrogen and oxygen atoms in total. The number of hydrogen-bond acceptors (Lipinski definition) is 13. The molecule has 5 aliphatic rings. The first-order valence-electron chi connectivity index (χ1n) is 14.8. The van der Waals surface area contributed by atoms with Crippen molar-refractivity contribution in [1.29, 1.82) is 0 Å². The van der Waals surface area contributed by atoms with Crippen LogP contribution in [-0.4, -0.2) is 101 Å². The molecule has 44 heavy (non-hydrogen) atoms. The number of phenolic OH excluding ortho intramolecular Hbond substituents is 1. The maximum absolute atomic E-state index is 12.4. The highest BCUT2D eigenvalue weighted by Crippen LogP contribution is 2.63. The van der Waals surface area contributed by atoms with E-state index in [-0.39, 0.29) is 41.1 Å². The number of nitrogens with zero attached hydrogens (tertiary/aromatic N) is 1. The van der Waals surface area contributed by atoms with Gasteiger partial charge in [0.25, 0.3) is 0 Å². The summed E-state index contributed by atoms with van der Waals surface area (Å²) in [5, 5.41) is 10.6. The molecule has 2 aliphatic carbocycles. The van der Waals surface area contributed by atoms with Crippen LogP contribution >= 0.6 is 11.8 Å². The lowest BCUT2D eigenvalue weighted by Gasteiger charge is -2.57. The smallest absolute Gasteiger partial charge is 0.303 e. The molecule has 1 N–H and O–H groups in total. The number of benzene rings is 1. The molecule has 2 saturated heterocycles. The van der Waals surface area contributed by atoms with Crippen molar-refractivity contribution in [3.63, 3.8) is 0 Å². The van der Waals surface area contributed by atoms with Crippen LogP contribution in [0.5, 0.6) is 11.5 Å². The van der Waals surface area contributed by atoms with Crippen LogP contribution in [0.3, 0.4) is 0 Å². The third-order valence-corrected chi connectivity index (χ3v) is 10.7. The highest BCUT2D eigenvalue weighted by atomic mass is 32.2. The van der Waals surface area contributed by atoms with E-state index in [9.17, 15) is 24.3 Å². The van der Waals surface area contributed by atoms with Gasteiger partial charge in [-0.2, -0.15) is 0 Å². The largest absolute Gasteiger partial charge is 0.504 e. The number of likely N-dealkylation sites (tertiary alicyclic amines) is 1. The van der Waals surface area contributed by atoms with Crippen LogP contribution in [0.2, 0.25) is 0 Å². The molecule has 2 bridgehead atoms. The van der Waals surface area contributed by atoms with Crippen LogP contribution in [0.25, 0.3) is 0 Å². The van der Waals surface area contributed by atoms with Gasteiger partial charge in [-0.15, -0.1) is 11.8 Å². The molecule has 3 heterocycles. The molecule has 1 aromatic carbocycles. The van der Waals surface area contributed by atoms with E-state index in [1.54, 1.807) is 6.07 Å². The molecule has 5 unspecified atom stereocenters. The van der Waals surface area contributed by atoms with E-state index in [0.717, 1.165) is 24.9 Å². The lowest BCUT2D eigenvalue weighted by atomic mass is 9.53. The first kappa shape index (κ1) is 30.7. The van der Waals surface area contributed by atoms with E-state index in [0.29, 0.717) is 5.75 Å². The predicted molar refractivity (Wildman–Crippen MR) is 155 cm³/mol. The zero-order valence-corrected chi connectivity index (χ0v) is 26.0. The maximum atomic E-state index is 12.4. The van der Waals surface area contributed by atoms with Crippen LogP contribution in [0, 0.1) is 5.92 Å². The van der Waals surface area contributed by atoms with E-state index in [4.69, 9.17) is 28.4 Å². The summed E-state index contributed by atoms with van der Waals surface area (Å²) < 4.78 is 35.2. The number of piperidine rings is 1. The van der Waals surface area contributed by atoms with Crippen molar-refractivity contribution in [1.82, 2.24) is 4.90 Å². The Kier molecular flexibility index (Phi) is 8.08. The molecule has 0 saturated carbocycles. The summed E-state index contributed by atoms with van der Waals surface area (Å²) in [7, 11) is 2.14. The quantitative estimate of drug-likeness (QED) is 0.266. The van der Waals surface area contributed by atoms with E-state index >= 15 is 0 Å². The Morgan fingerprint density at radius 3 is 2.34 bits per heavy atom. The fraction of sp³-hybridized carbons (Fsp3) is 0.613. The summed E-state index contributed by atoms with van der Waals surface area (Å²) in [4.78, 5) is 50.9. The van der Waals surface area contributed by atoms with Crippen molar-refractivity contribution >= 4 is 35.6 Å². The van der Waals surface area contributed by atoms with Gasteiger partial charge in [-0.25, -0.2) is 0 Å². The van der Waals surface area contributed by atoms with Gasteiger partial charge < -0.3 is 38.4 Å². The Labute approximate surface area is 259 Å². The number of esters is 4. The average molecular weight is 632 g/mol. The van der Waals surface area contributed by atoms with Gasteiger partial charge in [0.1, 0.15) is 24.3 Å².